The minimum atomic E-state index is 0.0849. The highest BCUT2D eigenvalue weighted by Crippen LogP contribution is 2.18. The predicted molar refractivity (Wildman–Crippen MR) is 78.9 cm³/mol. The number of hydrogen-bond acceptors (Lipinski definition) is 6. The molecule has 0 atom stereocenters. The first-order valence-corrected chi connectivity index (χ1v) is 7.39. The van der Waals surface area contributed by atoms with Gasteiger partial charge in [-0.3, -0.25) is 14.7 Å². The van der Waals surface area contributed by atoms with E-state index in [-0.39, 0.29) is 5.91 Å². The van der Waals surface area contributed by atoms with Gasteiger partial charge in [-0.15, -0.1) is 0 Å². The van der Waals surface area contributed by atoms with Gasteiger partial charge in [0.1, 0.15) is 0 Å². The van der Waals surface area contributed by atoms with Crippen LogP contribution < -0.4 is 0 Å². The highest BCUT2D eigenvalue weighted by Gasteiger charge is 2.26. The van der Waals surface area contributed by atoms with Crippen LogP contribution >= 0.6 is 0 Å². The van der Waals surface area contributed by atoms with Crippen molar-refractivity contribution in [1.29, 1.82) is 0 Å². The van der Waals surface area contributed by atoms with E-state index in [1.165, 1.54) is 6.39 Å². The zero-order valence-electron chi connectivity index (χ0n) is 12.6. The average molecular weight is 301 g/mol. The van der Waals surface area contributed by atoms with Crippen LogP contribution in [0.1, 0.15) is 29.0 Å². The van der Waals surface area contributed by atoms with E-state index in [1.54, 1.807) is 24.5 Å². The fourth-order valence-electron chi connectivity index (χ4n) is 2.80. The molecule has 2 aromatic rings. The van der Waals surface area contributed by atoms with Gasteiger partial charge in [-0.25, -0.2) is 0 Å². The third kappa shape index (κ3) is 3.30. The summed E-state index contributed by atoms with van der Waals surface area (Å²) in [5.74, 6) is 0.777. The molecule has 0 unspecified atom stereocenters. The highest BCUT2D eigenvalue weighted by molar-refractivity contribution is 5.94. The number of hydrogen-bond donors (Lipinski definition) is 0. The van der Waals surface area contributed by atoms with Gasteiger partial charge in [0.2, 0.25) is 6.39 Å². The standard InChI is InChI=1S/C15H19N5O2/c1-19(10-14-17-11-22-18-14)13-4-8-20(9-5-13)15(21)12-2-6-16-7-3-12/h2-3,6-7,11,13H,4-5,8-10H2,1H3. The van der Waals surface area contributed by atoms with Crippen molar-refractivity contribution in [3.05, 3.63) is 42.3 Å². The lowest BCUT2D eigenvalue weighted by atomic mass is 10.0. The Morgan fingerprint density at radius 2 is 2.09 bits per heavy atom. The molecule has 0 radical (unpaired) electrons. The molecule has 2 aromatic heterocycles. The van der Waals surface area contributed by atoms with Gasteiger partial charge in [0, 0.05) is 37.1 Å². The second-order valence-corrected chi connectivity index (χ2v) is 5.52. The largest absolute Gasteiger partial charge is 0.343 e. The maximum absolute atomic E-state index is 12.4. The fourth-order valence-corrected chi connectivity index (χ4v) is 2.80. The van der Waals surface area contributed by atoms with Crippen LogP contribution in [-0.2, 0) is 6.54 Å². The zero-order chi connectivity index (χ0) is 15.4. The van der Waals surface area contributed by atoms with Crippen LogP contribution in [0.4, 0.5) is 0 Å². The Morgan fingerprint density at radius 1 is 1.36 bits per heavy atom. The summed E-state index contributed by atoms with van der Waals surface area (Å²) >= 11 is 0. The van der Waals surface area contributed by atoms with Gasteiger partial charge < -0.3 is 9.42 Å². The second kappa shape index (κ2) is 6.65. The monoisotopic (exact) mass is 301 g/mol. The third-order valence-corrected chi connectivity index (χ3v) is 4.10. The fraction of sp³-hybridized carbons (Fsp3) is 0.467. The number of pyridine rings is 1. The molecule has 0 aromatic carbocycles. The molecule has 7 nitrogen and oxygen atoms in total. The van der Waals surface area contributed by atoms with Crippen LogP contribution in [0.5, 0.6) is 0 Å². The number of nitrogens with zero attached hydrogens (tertiary/aromatic N) is 5. The molecule has 1 aliphatic rings. The molecule has 1 saturated heterocycles. The van der Waals surface area contributed by atoms with E-state index in [0.717, 1.165) is 25.9 Å². The van der Waals surface area contributed by atoms with Gasteiger partial charge in [0.05, 0.1) is 6.54 Å². The Morgan fingerprint density at radius 3 is 2.73 bits per heavy atom. The van der Waals surface area contributed by atoms with Crippen LogP contribution in [0.3, 0.4) is 0 Å². The smallest absolute Gasteiger partial charge is 0.253 e. The molecular weight excluding hydrogens is 282 g/mol. The molecule has 3 rings (SSSR count). The average Bonchev–Trinajstić information content (AvgIpc) is 3.08. The molecule has 116 valence electrons. The Hall–Kier alpha value is -2.28. The summed E-state index contributed by atoms with van der Waals surface area (Å²) in [5.41, 5.74) is 0.702. The molecule has 0 saturated carbocycles. The maximum atomic E-state index is 12.4. The van der Waals surface area contributed by atoms with E-state index in [4.69, 9.17) is 4.52 Å². The first kappa shape index (κ1) is 14.6. The number of aromatic nitrogens is 3. The number of carbonyl (C=O) groups excluding carboxylic acids is 1. The summed E-state index contributed by atoms with van der Waals surface area (Å²) in [5, 5.41) is 3.84. The van der Waals surface area contributed by atoms with E-state index >= 15 is 0 Å². The van der Waals surface area contributed by atoms with Gasteiger partial charge in [-0.1, -0.05) is 5.16 Å². The molecule has 1 amide bonds. The number of piperidine rings is 1. The number of likely N-dealkylation sites (tertiary alicyclic amines) is 1. The quantitative estimate of drug-likeness (QED) is 0.844. The molecule has 3 heterocycles. The van der Waals surface area contributed by atoms with Crippen LogP contribution in [0.15, 0.2) is 35.4 Å². The van der Waals surface area contributed by atoms with E-state index in [2.05, 4.69) is 27.1 Å². The summed E-state index contributed by atoms with van der Waals surface area (Å²) in [4.78, 5) is 24.5. The van der Waals surface area contributed by atoms with Crippen LogP contribution in [0.25, 0.3) is 0 Å². The van der Waals surface area contributed by atoms with Gasteiger partial charge in [0.25, 0.3) is 5.91 Å². The molecule has 1 aliphatic heterocycles. The summed E-state index contributed by atoms with van der Waals surface area (Å²) < 4.78 is 4.75. The summed E-state index contributed by atoms with van der Waals surface area (Å²) in [7, 11) is 2.06. The number of rotatable bonds is 4. The van der Waals surface area contributed by atoms with Crippen molar-refractivity contribution in [2.45, 2.75) is 25.4 Å². The lowest BCUT2D eigenvalue weighted by Crippen LogP contribution is -2.45. The Kier molecular flexibility index (Phi) is 4.43. The molecule has 0 aliphatic carbocycles. The molecular formula is C15H19N5O2. The van der Waals surface area contributed by atoms with Gasteiger partial charge in [-0.2, -0.15) is 4.98 Å². The Bertz CT molecular complexity index is 594. The topological polar surface area (TPSA) is 75.4 Å². The van der Waals surface area contributed by atoms with Crippen LogP contribution in [-0.4, -0.2) is 57.0 Å². The molecule has 0 N–H and O–H groups in total. The Balaban J connectivity index is 1.53. The number of carbonyl (C=O) groups is 1. The van der Waals surface area contributed by atoms with E-state index in [1.807, 2.05) is 4.90 Å². The molecule has 0 spiro atoms. The minimum Gasteiger partial charge on any atom is -0.343 e. The van der Waals surface area contributed by atoms with Gasteiger partial charge >= 0.3 is 0 Å². The first-order valence-electron chi connectivity index (χ1n) is 7.39. The molecule has 7 heteroatoms. The Labute approximate surface area is 128 Å². The lowest BCUT2D eigenvalue weighted by molar-refractivity contribution is 0.0636. The normalized spacial score (nSPS) is 16.2. The minimum absolute atomic E-state index is 0.0849. The predicted octanol–water partition coefficient (Wildman–Crippen LogP) is 1.20. The lowest BCUT2D eigenvalue weighted by Gasteiger charge is -2.36. The third-order valence-electron chi connectivity index (χ3n) is 4.10. The van der Waals surface area contributed by atoms with Crippen molar-refractivity contribution >= 4 is 5.91 Å². The van der Waals surface area contributed by atoms with Crippen molar-refractivity contribution in [3.8, 4) is 0 Å². The van der Waals surface area contributed by atoms with Crippen LogP contribution in [0, 0.1) is 0 Å². The van der Waals surface area contributed by atoms with Crippen molar-refractivity contribution in [2.24, 2.45) is 0 Å². The SMILES string of the molecule is CN(Cc1ncon1)C1CCN(C(=O)c2ccncc2)CC1. The van der Waals surface area contributed by atoms with E-state index < -0.39 is 0 Å². The summed E-state index contributed by atoms with van der Waals surface area (Å²) in [6.07, 6.45) is 6.55. The molecule has 22 heavy (non-hydrogen) atoms. The van der Waals surface area contributed by atoms with Gasteiger partial charge in [-0.05, 0) is 32.0 Å². The number of amides is 1. The van der Waals surface area contributed by atoms with Crippen molar-refractivity contribution in [3.63, 3.8) is 0 Å². The zero-order valence-corrected chi connectivity index (χ0v) is 12.6. The summed E-state index contributed by atoms with van der Waals surface area (Å²) in [6.45, 7) is 2.20. The molecule has 1 fully saturated rings. The van der Waals surface area contributed by atoms with E-state index in [9.17, 15) is 4.79 Å². The van der Waals surface area contributed by atoms with Crippen molar-refractivity contribution < 1.29 is 9.32 Å². The van der Waals surface area contributed by atoms with E-state index in [0.29, 0.717) is 24.0 Å². The van der Waals surface area contributed by atoms with Gasteiger partial charge in [0.15, 0.2) is 5.82 Å². The maximum Gasteiger partial charge on any atom is 0.253 e. The molecule has 0 bridgehead atoms. The first-order chi connectivity index (χ1) is 10.7. The van der Waals surface area contributed by atoms with Crippen LogP contribution in [0.2, 0.25) is 0 Å². The summed E-state index contributed by atoms with van der Waals surface area (Å²) in [6, 6.07) is 3.95. The van der Waals surface area contributed by atoms with Crippen molar-refractivity contribution in [1.82, 2.24) is 24.9 Å². The second-order valence-electron chi connectivity index (χ2n) is 5.52. The van der Waals surface area contributed by atoms with Crippen molar-refractivity contribution in [2.75, 3.05) is 20.1 Å². The highest BCUT2D eigenvalue weighted by atomic mass is 16.5.